The van der Waals surface area contributed by atoms with Crippen molar-refractivity contribution in [2.24, 2.45) is 0 Å². The third kappa shape index (κ3) is 6.98. The van der Waals surface area contributed by atoms with Crippen LogP contribution in [0.1, 0.15) is 20.3 Å². The van der Waals surface area contributed by atoms with Gasteiger partial charge in [-0.05, 0) is 37.6 Å². The Balaban J connectivity index is 2.55. The van der Waals surface area contributed by atoms with Crippen molar-refractivity contribution >= 4 is 15.9 Å². The first-order valence-electron chi connectivity index (χ1n) is 7.40. The zero-order valence-corrected chi connectivity index (χ0v) is 14.5. The van der Waals surface area contributed by atoms with Crippen LogP contribution in [-0.4, -0.2) is 47.2 Å². The number of carbonyl (C=O) groups is 1. The average molecular weight is 344 g/mol. The van der Waals surface area contributed by atoms with Crippen molar-refractivity contribution in [3.63, 3.8) is 0 Å². The van der Waals surface area contributed by atoms with E-state index in [4.69, 9.17) is 9.47 Å². The molecule has 0 bridgehead atoms. The van der Waals surface area contributed by atoms with Gasteiger partial charge in [-0.1, -0.05) is 6.92 Å². The van der Waals surface area contributed by atoms with Gasteiger partial charge in [0.1, 0.15) is 5.75 Å². The van der Waals surface area contributed by atoms with Gasteiger partial charge in [0.25, 0.3) is 5.91 Å². The van der Waals surface area contributed by atoms with E-state index in [-0.39, 0.29) is 23.5 Å². The normalized spacial score (nSPS) is 12.7. The van der Waals surface area contributed by atoms with E-state index in [0.717, 1.165) is 0 Å². The number of hydrogen-bond donors (Lipinski definition) is 2. The molecule has 1 aromatic rings. The SMILES string of the molecule is CC[C@H](C)NS(=O)(=O)c1ccc(OCC(=O)NCCOC)cc1. The van der Waals surface area contributed by atoms with Gasteiger partial charge in [0, 0.05) is 19.7 Å². The number of carbonyl (C=O) groups excluding carboxylic acids is 1. The van der Waals surface area contributed by atoms with Crippen molar-refractivity contribution in [1.29, 1.82) is 0 Å². The lowest BCUT2D eigenvalue weighted by Crippen LogP contribution is -2.32. The highest BCUT2D eigenvalue weighted by Crippen LogP contribution is 2.16. The third-order valence-electron chi connectivity index (χ3n) is 3.10. The predicted molar refractivity (Wildman–Crippen MR) is 86.9 cm³/mol. The highest BCUT2D eigenvalue weighted by molar-refractivity contribution is 7.89. The van der Waals surface area contributed by atoms with E-state index in [0.29, 0.717) is 25.3 Å². The van der Waals surface area contributed by atoms with Crippen LogP contribution in [0.5, 0.6) is 5.75 Å². The Bertz CT molecular complexity index is 586. The van der Waals surface area contributed by atoms with E-state index in [2.05, 4.69) is 10.0 Å². The molecule has 0 aliphatic carbocycles. The van der Waals surface area contributed by atoms with E-state index < -0.39 is 10.0 Å². The van der Waals surface area contributed by atoms with E-state index in [1.54, 1.807) is 14.0 Å². The summed E-state index contributed by atoms with van der Waals surface area (Å²) in [4.78, 5) is 11.6. The Morgan fingerprint density at radius 3 is 2.48 bits per heavy atom. The molecular formula is C15H24N2O5S. The minimum Gasteiger partial charge on any atom is -0.484 e. The van der Waals surface area contributed by atoms with Crippen molar-refractivity contribution in [1.82, 2.24) is 10.0 Å². The summed E-state index contributed by atoms with van der Waals surface area (Å²) >= 11 is 0. The second-order valence-corrected chi connectivity index (χ2v) is 6.75. The molecule has 0 saturated carbocycles. The molecule has 0 spiro atoms. The van der Waals surface area contributed by atoms with Gasteiger partial charge in [0.2, 0.25) is 10.0 Å². The van der Waals surface area contributed by atoms with Gasteiger partial charge in [-0.3, -0.25) is 4.79 Å². The summed E-state index contributed by atoms with van der Waals surface area (Å²) in [5, 5.41) is 2.62. The van der Waals surface area contributed by atoms with Gasteiger partial charge in [-0.25, -0.2) is 13.1 Å². The molecule has 1 amide bonds. The second-order valence-electron chi connectivity index (χ2n) is 5.03. The van der Waals surface area contributed by atoms with Crippen LogP contribution in [0.25, 0.3) is 0 Å². The Hall–Kier alpha value is -1.64. The van der Waals surface area contributed by atoms with Crippen LogP contribution in [0, 0.1) is 0 Å². The Kier molecular flexibility index (Phi) is 8.01. The Morgan fingerprint density at radius 2 is 1.91 bits per heavy atom. The minimum atomic E-state index is -3.53. The first kappa shape index (κ1) is 19.4. The molecule has 1 atom stereocenters. The van der Waals surface area contributed by atoms with Crippen LogP contribution < -0.4 is 14.8 Å². The lowest BCUT2D eigenvalue weighted by atomic mass is 10.3. The number of benzene rings is 1. The van der Waals surface area contributed by atoms with Crippen LogP contribution in [0.3, 0.4) is 0 Å². The number of hydrogen-bond acceptors (Lipinski definition) is 5. The fourth-order valence-electron chi connectivity index (χ4n) is 1.62. The molecule has 7 nitrogen and oxygen atoms in total. The van der Waals surface area contributed by atoms with Crippen molar-refractivity contribution in [3.05, 3.63) is 24.3 Å². The molecule has 130 valence electrons. The maximum absolute atomic E-state index is 12.1. The zero-order valence-electron chi connectivity index (χ0n) is 13.7. The van der Waals surface area contributed by atoms with Crippen LogP contribution in [-0.2, 0) is 19.6 Å². The standard InChI is InChI=1S/C15H24N2O5S/c1-4-12(2)17-23(19,20)14-7-5-13(6-8-14)22-11-15(18)16-9-10-21-3/h5-8,12,17H,4,9-11H2,1-3H3,(H,16,18)/t12-/m0/s1. The zero-order chi connectivity index (χ0) is 17.3. The second kappa shape index (κ2) is 9.49. The monoisotopic (exact) mass is 344 g/mol. The molecule has 0 saturated heterocycles. The summed E-state index contributed by atoms with van der Waals surface area (Å²) in [7, 11) is -1.98. The molecule has 0 aromatic heterocycles. The number of ether oxygens (including phenoxy) is 2. The maximum Gasteiger partial charge on any atom is 0.258 e. The summed E-state index contributed by atoms with van der Waals surface area (Å²) in [6, 6.07) is 5.80. The lowest BCUT2D eigenvalue weighted by molar-refractivity contribution is -0.123. The molecule has 23 heavy (non-hydrogen) atoms. The van der Waals surface area contributed by atoms with Gasteiger partial charge >= 0.3 is 0 Å². The topological polar surface area (TPSA) is 93.7 Å². The van der Waals surface area contributed by atoms with Gasteiger partial charge in [0.15, 0.2) is 6.61 Å². The highest BCUT2D eigenvalue weighted by atomic mass is 32.2. The number of rotatable bonds is 10. The summed E-state index contributed by atoms with van der Waals surface area (Å²) in [5.74, 6) is 0.159. The number of methoxy groups -OCH3 is 1. The van der Waals surface area contributed by atoms with Crippen LogP contribution in [0.15, 0.2) is 29.2 Å². The molecule has 0 radical (unpaired) electrons. The number of sulfonamides is 1. The summed E-state index contributed by atoms with van der Waals surface area (Å²) in [5.41, 5.74) is 0. The first-order chi connectivity index (χ1) is 10.9. The molecular weight excluding hydrogens is 320 g/mol. The van der Waals surface area contributed by atoms with Crippen molar-refractivity contribution in [2.45, 2.75) is 31.2 Å². The van der Waals surface area contributed by atoms with E-state index in [1.165, 1.54) is 24.3 Å². The van der Waals surface area contributed by atoms with Gasteiger partial charge in [-0.15, -0.1) is 0 Å². The molecule has 1 aromatic carbocycles. The van der Waals surface area contributed by atoms with Gasteiger partial charge < -0.3 is 14.8 Å². The quantitative estimate of drug-likeness (QED) is 0.615. The molecule has 8 heteroatoms. The van der Waals surface area contributed by atoms with Crippen LogP contribution in [0.4, 0.5) is 0 Å². The minimum absolute atomic E-state index is 0.133. The Morgan fingerprint density at radius 1 is 1.26 bits per heavy atom. The third-order valence-corrected chi connectivity index (χ3v) is 4.71. The maximum atomic E-state index is 12.1. The smallest absolute Gasteiger partial charge is 0.258 e. The van der Waals surface area contributed by atoms with Gasteiger partial charge in [-0.2, -0.15) is 0 Å². The first-order valence-corrected chi connectivity index (χ1v) is 8.88. The van der Waals surface area contributed by atoms with E-state index >= 15 is 0 Å². The van der Waals surface area contributed by atoms with Crippen molar-refractivity contribution < 1.29 is 22.7 Å². The lowest BCUT2D eigenvalue weighted by Gasteiger charge is -2.12. The molecule has 0 aliphatic heterocycles. The number of nitrogens with one attached hydrogen (secondary N) is 2. The highest BCUT2D eigenvalue weighted by Gasteiger charge is 2.16. The molecule has 0 fully saturated rings. The molecule has 0 heterocycles. The fourth-order valence-corrected chi connectivity index (χ4v) is 2.95. The molecule has 1 rings (SSSR count). The molecule has 2 N–H and O–H groups in total. The molecule has 0 unspecified atom stereocenters. The largest absolute Gasteiger partial charge is 0.484 e. The number of amides is 1. The van der Waals surface area contributed by atoms with Gasteiger partial charge in [0.05, 0.1) is 11.5 Å². The van der Waals surface area contributed by atoms with Crippen LogP contribution >= 0.6 is 0 Å². The van der Waals surface area contributed by atoms with Crippen LogP contribution in [0.2, 0.25) is 0 Å². The molecule has 0 aliphatic rings. The summed E-state index contributed by atoms with van der Waals surface area (Å²) in [6.07, 6.45) is 0.707. The van der Waals surface area contributed by atoms with Crippen molar-refractivity contribution in [2.75, 3.05) is 26.9 Å². The van der Waals surface area contributed by atoms with E-state index in [1.807, 2.05) is 6.92 Å². The Labute approximate surface area is 137 Å². The van der Waals surface area contributed by atoms with Crippen molar-refractivity contribution in [3.8, 4) is 5.75 Å². The van der Waals surface area contributed by atoms with E-state index in [9.17, 15) is 13.2 Å². The predicted octanol–water partition coefficient (Wildman–Crippen LogP) is 0.905. The summed E-state index contributed by atoms with van der Waals surface area (Å²) < 4.78 is 36.9. The fraction of sp³-hybridized carbons (Fsp3) is 0.533. The average Bonchev–Trinajstić information content (AvgIpc) is 2.53. The summed E-state index contributed by atoms with van der Waals surface area (Å²) in [6.45, 7) is 4.42.